The SMILES string of the molecule is COc1cccc(-c2onc3ccc(C(=O)C=Cc4ccc(C)cc4)cc23)c1. The third-order valence-corrected chi connectivity index (χ3v) is 4.60. The summed E-state index contributed by atoms with van der Waals surface area (Å²) < 4.78 is 10.8. The highest BCUT2D eigenvalue weighted by atomic mass is 16.5. The normalized spacial score (nSPS) is 11.2. The summed E-state index contributed by atoms with van der Waals surface area (Å²) in [5.41, 5.74) is 4.32. The second kappa shape index (κ2) is 7.53. The van der Waals surface area contributed by atoms with Crippen molar-refractivity contribution in [2.75, 3.05) is 7.11 Å². The topological polar surface area (TPSA) is 52.3 Å². The van der Waals surface area contributed by atoms with E-state index in [1.54, 1.807) is 25.3 Å². The molecule has 0 aliphatic rings. The molecule has 0 bridgehead atoms. The number of nitrogens with zero attached hydrogens (tertiary/aromatic N) is 1. The van der Waals surface area contributed by atoms with Crippen LogP contribution in [-0.4, -0.2) is 18.0 Å². The molecule has 0 N–H and O–H groups in total. The van der Waals surface area contributed by atoms with Crippen molar-refractivity contribution in [2.45, 2.75) is 6.92 Å². The van der Waals surface area contributed by atoms with Gasteiger partial charge in [-0.3, -0.25) is 4.79 Å². The van der Waals surface area contributed by atoms with Gasteiger partial charge < -0.3 is 9.26 Å². The molecular formula is C24H19NO3. The number of fused-ring (bicyclic) bond motifs is 1. The summed E-state index contributed by atoms with van der Waals surface area (Å²) in [5, 5.41) is 4.90. The maximum atomic E-state index is 12.6. The van der Waals surface area contributed by atoms with Gasteiger partial charge in [-0.05, 0) is 48.9 Å². The van der Waals surface area contributed by atoms with Crippen molar-refractivity contribution in [3.63, 3.8) is 0 Å². The van der Waals surface area contributed by atoms with Crippen LogP contribution in [0.1, 0.15) is 21.5 Å². The first-order chi connectivity index (χ1) is 13.6. The highest BCUT2D eigenvalue weighted by molar-refractivity contribution is 6.09. The minimum absolute atomic E-state index is 0.0692. The molecule has 0 fully saturated rings. The van der Waals surface area contributed by atoms with Crippen molar-refractivity contribution in [3.05, 3.63) is 89.5 Å². The van der Waals surface area contributed by atoms with Crippen LogP contribution in [0.2, 0.25) is 0 Å². The molecule has 0 saturated carbocycles. The van der Waals surface area contributed by atoms with Gasteiger partial charge in [0, 0.05) is 11.1 Å². The average Bonchev–Trinajstić information content (AvgIpc) is 3.16. The first-order valence-electron chi connectivity index (χ1n) is 8.97. The molecule has 4 rings (SSSR count). The Kier molecular flexibility index (Phi) is 4.77. The molecule has 0 atom stereocenters. The van der Waals surface area contributed by atoms with E-state index in [1.807, 2.05) is 67.6 Å². The van der Waals surface area contributed by atoms with Crippen LogP contribution in [0.25, 0.3) is 28.3 Å². The fourth-order valence-corrected chi connectivity index (χ4v) is 3.01. The van der Waals surface area contributed by atoms with Crippen LogP contribution in [-0.2, 0) is 0 Å². The van der Waals surface area contributed by atoms with Crippen molar-refractivity contribution >= 4 is 22.8 Å². The first-order valence-corrected chi connectivity index (χ1v) is 8.97. The van der Waals surface area contributed by atoms with Crippen LogP contribution >= 0.6 is 0 Å². The van der Waals surface area contributed by atoms with Gasteiger partial charge in [-0.1, -0.05) is 53.2 Å². The molecule has 1 aromatic heterocycles. The Morgan fingerprint density at radius 1 is 1.04 bits per heavy atom. The van der Waals surface area contributed by atoms with E-state index in [1.165, 1.54) is 5.56 Å². The molecule has 4 aromatic rings. The Bertz CT molecular complexity index is 1170. The van der Waals surface area contributed by atoms with Gasteiger partial charge in [-0.15, -0.1) is 0 Å². The predicted octanol–water partition coefficient (Wildman–Crippen LogP) is 5.71. The number of carbonyl (C=O) groups excluding carboxylic acids is 1. The number of hydrogen-bond donors (Lipinski definition) is 0. The van der Waals surface area contributed by atoms with Crippen LogP contribution in [0, 0.1) is 6.92 Å². The van der Waals surface area contributed by atoms with Crippen molar-refractivity contribution in [3.8, 4) is 17.1 Å². The van der Waals surface area contributed by atoms with Crippen LogP contribution in [0.5, 0.6) is 5.75 Å². The molecule has 0 aliphatic heterocycles. The second-order valence-corrected chi connectivity index (χ2v) is 6.58. The van der Waals surface area contributed by atoms with Crippen LogP contribution in [0.3, 0.4) is 0 Å². The number of benzene rings is 3. The van der Waals surface area contributed by atoms with Crippen molar-refractivity contribution in [1.82, 2.24) is 5.16 Å². The zero-order chi connectivity index (χ0) is 19.5. The molecule has 0 radical (unpaired) electrons. The Morgan fingerprint density at radius 2 is 1.86 bits per heavy atom. The first kappa shape index (κ1) is 17.7. The van der Waals surface area contributed by atoms with Gasteiger partial charge in [0.15, 0.2) is 11.5 Å². The lowest BCUT2D eigenvalue weighted by atomic mass is 10.0. The largest absolute Gasteiger partial charge is 0.497 e. The summed E-state index contributed by atoms with van der Waals surface area (Å²) in [6.07, 6.45) is 3.41. The molecule has 1 heterocycles. The second-order valence-electron chi connectivity index (χ2n) is 6.58. The van der Waals surface area contributed by atoms with Crippen molar-refractivity contribution < 1.29 is 14.1 Å². The Balaban J connectivity index is 1.67. The number of allylic oxidation sites excluding steroid dienone is 1. The monoisotopic (exact) mass is 369 g/mol. The molecule has 138 valence electrons. The van der Waals surface area contributed by atoms with E-state index >= 15 is 0 Å². The minimum Gasteiger partial charge on any atom is -0.497 e. The number of ether oxygens (including phenoxy) is 1. The Labute approximate surface area is 163 Å². The Hall–Kier alpha value is -3.66. The van der Waals surface area contributed by atoms with Gasteiger partial charge >= 0.3 is 0 Å². The molecule has 0 amide bonds. The molecule has 0 aliphatic carbocycles. The van der Waals surface area contributed by atoms with E-state index in [9.17, 15) is 4.79 Å². The quantitative estimate of drug-likeness (QED) is 0.334. The highest BCUT2D eigenvalue weighted by Crippen LogP contribution is 2.31. The summed E-state index contributed by atoms with van der Waals surface area (Å²) >= 11 is 0. The van der Waals surface area contributed by atoms with E-state index in [0.29, 0.717) is 16.8 Å². The maximum Gasteiger partial charge on any atom is 0.185 e. The molecule has 0 unspecified atom stereocenters. The van der Waals surface area contributed by atoms with E-state index in [-0.39, 0.29) is 5.78 Å². The minimum atomic E-state index is -0.0692. The molecule has 0 saturated heterocycles. The molecular weight excluding hydrogens is 350 g/mol. The van der Waals surface area contributed by atoms with Gasteiger partial charge in [0.25, 0.3) is 0 Å². The van der Waals surface area contributed by atoms with E-state index in [2.05, 4.69) is 5.16 Å². The van der Waals surface area contributed by atoms with Gasteiger partial charge in [-0.25, -0.2) is 0 Å². The smallest absolute Gasteiger partial charge is 0.185 e. The predicted molar refractivity (Wildman–Crippen MR) is 111 cm³/mol. The third kappa shape index (κ3) is 3.58. The lowest BCUT2D eigenvalue weighted by Crippen LogP contribution is -1.93. The number of methoxy groups -OCH3 is 1. The van der Waals surface area contributed by atoms with Crippen LogP contribution in [0.4, 0.5) is 0 Å². The third-order valence-electron chi connectivity index (χ3n) is 4.60. The van der Waals surface area contributed by atoms with Crippen molar-refractivity contribution in [1.29, 1.82) is 0 Å². The van der Waals surface area contributed by atoms with Gasteiger partial charge in [0.05, 0.1) is 12.5 Å². The zero-order valence-electron chi connectivity index (χ0n) is 15.7. The number of hydrogen-bond acceptors (Lipinski definition) is 4. The van der Waals surface area contributed by atoms with E-state index < -0.39 is 0 Å². The fourth-order valence-electron chi connectivity index (χ4n) is 3.01. The van der Waals surface area contributed by atoms with E-state index in [4.69, 9.17) is 9.26 Å². The standard InChI is InChI=1S/C24H19NO3/c1-16-6-8-17(9-7-16)10-13-23(26)18-11-12-22-21(15-18)24(28-25-22)19-4-3-5-20(14-19)27-2/h3-15H,1-2H3. The number of aromatic nitrogens is 1. The summed E-state index contributed by atoms with van der Waals surface area (Å²) in [7, 11) is 1.62. The maximum absolute atomic E-state index is 12.6. The fraction of sp³-hybridized carbons (Fsp3) is 0.0833. The number of carbonyl (C=O) groups is 1. The average molecular weight is 369 g/mol. The summed E-state index contributed by atoms with van der Waals surface area (Å²) in [6.45, 7) is 2.03. The summed E-state index contributed by atoms with van der Waals surface area (Å²) in [4.78, 5) is 12.6. The zero-order valence-corrected chi connectivity index (χ0v) is 15.7. The molecule has 3 aromatic carbocycles. The molecule has 4 heteroatoms. The summed E-state index contributed by atoms with van der Waals surface area (Å²) in [5.74, 6) is 1.28. The van der Waals surface area contributed by atoms with Gasteiger partial charge in [0.1, 0.15) is 11.3 Å². The molecule has 4 nitrogen and oxygen atoms in total. The lowest BCUT2D eigenvalue weighted by molar-refractivity contribution is 0.104. The number of ketones is 1. The van der Waals surface area contributed by atoms with Gasteiger partial charge in [-0.2, -0.15) is 0 Å². The summed E-state index contributed by atoms with van der Waals surface area (Å²) in [6, 6.07) is 21.0. The molecule has 28 heavy (non-hydrogen) atoms. The number of aryl methyl sites for hydroxylation is 1. The lowest BCUT2D eigenvalue weighted by Gasteiger charge is -2.02. The molecule has 0 spiro atoms. The Morgan fingerprint density at radius 3 is 2.64 bits per heavy atom. The number of rotatable bonds is 5. The van der Waals surface area contributed by atoms with Gasteiger partial charge in [0.2, 0.25) is 0 Å². The van der Waals surface area contributed by atoms with E-state index in [0.717, 1.165) is 22.3 Å². The van der Waals surface area contributed by atoms with Crippen LogP contribution in [0.15, 0.2) is 77.3 Å². The van der Waals surface area contributed by atoms with Crippen LogP contribution < -0.4 is 4.74 Å². The van der Waals surface area contributed by atoms with Crippen molar-refractivity contribution in [2.24, 2.45) is 0 Å². The highest BCUT2D eigenvalue weighted by Gasteiger charge is 2.13.